The highest BCUT2D eigenvalue weighted by Gasteiger charge is 1.98. The highest BCUT2D eigenvalue weighted by molar-refractivity contribution is 6.49. The van der Waals surface area contributed by atoms with Crippen molar-refractivity contribution in [3.8, 4) is 11.8 Å². The molecule has 0 saturated heterocycles. The van der Waals surface area contributed by atoms with Gasteiger partial charge in [0, 0.05) is 6.08 Å². The summed E-state index contributed by atoms with van der Waals surface area (Å²) in [5.41, 5.74) is 0.780. The summed E-state index contributed by atoms with van der Waals surface area (Å²) in [6.45, 7) is 0. The SMILES string of the molecule is COc1cccc(/C(Cl)=C/C#N)c1. The maximum Gasteiger partial charge on any atom is 0.119 e. The van der Waals surface area contributed by atoms with Gasteiger partial charge in [-0.3, -0.25) is 0 Å². The Morgan fingerprint density at radius 2 is 2.38 bits per heavy atom. The lowest BCUT2D eigenvalue weighted by atomic mass is 10.2. The van der Waals surface area contributed by atoms with Gasteiger partial charge in [0.15, 0.2) is 0 Å². The minimum atomic E-state index is 0.418. The number of nitriles is 1. The van der Waals surface area contributed by atoms with Gasteiger partial charge < -0.3 is 4.74 Å². The number of allylic oxidation sites excluding steroid dienone is 1. The van der Waals surface area contributed by atoms with Gasteiger partial charge in [0.05, 0.1) is 18.2 Å². The van der Waals surface area contributed by atoms with Crippen LogP contribution in [0.4, 0.5) is 0 Å². The number of hydrogen-bond acceptors (Lipinski definition) is 2. The molecule has 0 unspecified atom stereocenters. The van der Waals surface area contributed by atoms with Crippen LogP contribution in [0.15, 0.2) is 30.3 Å². The first-order valence-electron chi connectivity index (χ1n) is 3.67. The zero-order chi connectivity index (χ0) is 9.68. The fourth-order valence-electron chi connectivity index (χ4n) is 0.912. The van der Waals surface area contributed by atoms with Crippen molar-refractivity contribution < 1.29 is 4.74 Å². The molecule has 66 valence electrons. The zero-order valence-electron chi connectivity index (χ0n) is 7.12. The van der Waals surface area contributed by atoms with Crippen molar-refractivity contribution in [2.45, 2.75) is 0 Å². The molecule has 0 aromatic heterocycles. The van der Waals surface area contributed by atoms with Crippen molar-refractivity contribution in [2.24, 2.45) is 0 Å². The molecule has 0 atom stereocenters. The van der Waals surface area contributed by atoms with Gasteiger partial charge in [0.25, 0.3) is 0 Å². The molecule has 1 rings (SSSR count). The summed E-state index contributed by atoms with van der Waals surface area (Å²) in [5, 5.41) is 8.80. The Morgan fingerprint density at radius 3 is 3.00 bits per heavy atom. The van der Waals surface area contributed by atoms with Crippen LogP contribution in [0, 0.1) is 11.3 Å². The molecule has 3 heteroatoms. The highest BCUT2D eigenvalue weighted by atomic mass is 35.5. The molecule has 0 heterocycles. The normalized spacial score (nSPS) is 10.7. The topological polar surface area (TPSA) is 33.0 Å². The first kappa shape index (κ1) is 9.63. The van der Waals surface area contributed by atoms with Gasteiger partial charge in [0.2, 0.25) is 0 Å². The molecule has 2 nitrogen and oxygen atoms in total. The molecule has 1 aromatic carbocycles. The lowest BCUT2D eigenvalue weighted by Crippen LogP contribution is -1.83. The van der Waals surface area contributed by atoms with Crippen LogP contribution in [0.3, 0.4) is 0 Å². The van der Waals surface area contributed by atoms with E-state index in [4.69, 9.17) is 21.6 Å². The average molecular weight is 194 g/mol. The average Bonchev–Trinajstić information content (AvgIpc) is 2.18. The fourth-order valence-corrected chi connectivity index (χ4v) is 1.08. The molecular weight excluding hydrogens is 186 g/mol. The van der Waals surface area contributed by atoms with Crippen molar-refractivity contribution in [1.82, 2.24) is 0 Å². The monoisotopic (exact) mass is 193 g/mol. The van der Waals surface area contributed by atoms with Crippen molar-refractivity contribution in [3.05, 3.63) is 35.9 Å². The second kappa shape index (κ2) is 4.54. The number of hydrogen-bond donors (Lipinski definition) is 0. The summed E-state index contributed by atoms with van der Waals surface area (Å²) >= 11 is 5.82. The van der Waals surface area contributed by atoms with Crippen molar-refractivity contribution >= 4 is 16.6 Å². The smallest absolute Gasteiger partial charge is 0.119 e. The predicted octanol–water partition coefficient (Wildman–Crippen LogP) is 2.80. The van der Waals surface area contributed by atoms with Gasteiger partial charge in [-0.1, -0.05) is 23.7 Å². The second-order valence-electron chi connectivity index (χ2n) is 2.35. The first-order valence-corrected chi connectivity index (χ1v) is 4.05. The van der Waals surface area contributed by atoms with E-state index in [0.29, 0.717) is 5.03 Å². The summed E-state index contributed by atoms with van der Waals surface area (Å²) in [5.74, 6) is 0.724. The van der Waals surface area contributed by atoms with Crippen LogP contribution >= 0.6 is 11.6 Å². The lowest BCUT2D eigenvalue weighted by Gasteiger charge is -2.01. The van der Waals surface area contributed by atoms with Crippen molar-refractivity contribution in [3.63, 3.8) is 0 Å². The lowest BCUT2D eigenvalue weighted by molar-refractivity contribution is 0.414. The molecule has 0 fully saturated rings. The van der Waals surface area contributed by atoms with Crippen LogP contribution in [0.25, 0.3) is 5.03 Å². The maximum absolute atomic E-state index is 8.38. The molecule has 0 aliphatic carbocycles. The Morgan fingerprint density at radius 1 is 1.62 bits per heavy atom. The number of methoxy groups -OCH3 is 1. The third kappa shape index (κ3) is 2.50. The molecule has 13 heavy (non-hydrogen) atoms. The Bertz CT molecular complexity index is 365. The molecule has 0 aliphatic rings. The first-order chi connectivity index (χ1) is 6.27. The zero-order valence-corrected chi connectivity index (χ0v) is 7.88. The predicted molar refractivity (Wildman–Crippen MR) is 52.4 cm³/mol. The largest absolute Gasteiger partial charge is 0.497 e. The van der Waals surface area contributed by atoms with E-state index in [2.05, 4.69) is 0 Å². The van der Waals surface area contributed by atoms with Crippen LogP contribution in [-0.2, 0) is 0 Å². The third-order valence-corrected chi connectivity index (χ3v) is 1.86. The summed E-state index contributed by atoms with van der Waals surface area (Å²) in [4.78, 5) is 0. The van der Waals surface area contributed by atoms with Crippen LogP contribution in [0.5, 0.6) is 5.75 Å². The van der Waals surface area contributed by atoms with E-state index >= 15 is 0 Å². The Kier molecular flexibility index (Phi) is 3.36. The Hall–Kier alpha value is -1.46. The van der Waals surface area contributed by atoms with Crippen LogP contribution in [0.2, 0.25) is 0 Å². The molecule has 0 amide bonds. The summed E-state index contributed by atoms with van der Waals surface area (Å²) in [6, 6.07) is 9.10. The summed E-state index contributed by atoms with van der Waals surface area (Å²) in [7, 11) is 1.58. The van der Waals surface area contributed by atoms with Crippen molar-refractivity contribution in [2.75, 3.05) is 7.11 Å². The van der Waals surface area contributed by atoms with E-state index in [9.17, 15) is 0 Å². The van der Waals surface area contributed by atoms with Crippen LogP contribution in [0.1, 0.15) is 5.56 Å². The second-order valence-corrected chi connectivity index (χ2v) is 2.76. The summed E-state index contributed by atoms with van der Waals surface area (Å²) < 4.78 is 5.01. The number of nitrogens with zero attached hydrogens (tertiary/aromatic N) is 1. The number of halogens is 1. The van der Waals surface area contributed by atoms with Gasteiger partial charge in [0.1, 0.15) is 5.75 Å². The highest BCUT2D eigenvalue weighted by Crippen LogP contribution is 2.22. The van der Waals surface area contributed by atoms with Gasteiger partial charge in [-0.25, -0.2) is 0 Å². The van der Waals surface area contributed by atoms with Gasteiger partial charge >= 0.3 is 0 Å². The van der Waals surface area contributed by atoms with E-state index in [0.717, 1.165) is 11.3 Å². The minimum Gasteiger partial charge on any atom is -0.497 e. The van der Waals surface area contributed by atoms with Gasteiger partial charge in [-0.05, 0) is 17.7 Å². The number of rotatable bonds is 2. The maximum atomic E-state index is 8.38. The van der Waals surface area contributed by atoms with E-state index < -0.39 is 0 Å². The molecular formula is C10H8ClNO. The van der Waals surface area contributed by atoms with E-state index in [-0.39, 0.29) is 0 Å². The molecule has 0 spiro atoms. The van der Waals surface area contributed by atoms with Gasteiger partial charge in [-0.2, -0.15) is 5.26 Å². The van der Waals surface area contributed by atoms with Crippen LogP contribution in [-0.4, -0.2) is 7.11 Å². The summed E-state index contributed by atoms with van der Waals surface area (Å²) in [6.07, 6.45) is 1.29. The third-order valence-electron chi connectivity index (χ3n) is 1.54. The van der Waals surface area contributed by atoms with Crippen LogP contribution < -0.4 is 4.74 Å². The Labute approximate surface area is 82.0 Å². The molecule has 0 aliphatic heterocycles. The van der Waals surface area contributed by atoms with Crippen molar-refractivity contribution in [1.29, 1.82) is 5.26 Å². The molecule has 0 saturated carbocycles. The molecule has 1 aromatic rings. The number of benzene rings is 1. The Balaban J connectivity index is 3.03. The van der Waals surface area contributed by atoms with E-state index in [1.54, 1.807) is 13.2 Å². The molecule has 0 bridgehead atoms. The van der Waals surface area contributed by atoms with E-state index in [1.807, 2.05) is 24.3 Å². The quantitative estimate of drug-likeness (QED) is 0.677. The van der Waals surface area contributed by atoms with Gasteiger partial charge in [-0.15, -0.1) is 0 Å². The minimum absolute atomic E-state index is 0.418. The number of ether oxygens (including phenoxy) is 1. The molecule has 0 N–H and O–H groups in total. The fraction of sp³-hybridized carbons (Fsp3) is 0.100. The molecule has 0 radical (unpaired) electrons. The standard InChI is InChI=1S/C10H8ClNO/c1-13-9-4-2-3-8(7-9)10(11)5-6-12/h2-5,7H,1H3/b10-5-. The van der Waals surface area contributed by atoms with E-state index in [1.165, 1.54) is 6.08 Å².